The van der Waals surface area contributed by atoms with Gasteiger partial charge in [-0.2, -0.15) is 0 Å². The highest BCUT2D eigenvalue weighted by atomic mass is 19.2. The first-order valence-electron chi connectivity index (χ1n) is 6.37. The molecule has 0 aromatic heterocycles. The molecule has 0 amide bonds. The highest BCUT2D eigenvalue weighted by Gasteiger charge is 2.19. The molecule has 1 atom stereocenters. The van der Waals surface area contributed by atoms with Gasteiger partial charge in [0.15, 0.2) is 11.6 Å². The van der Waals surface area contributed by atoms with Crippen molar-refractivity contribution in [3.8, 4) is 0 Å². The van der Waals surface area contributed by atoms with Crippen molar-refractivity contribution in [3.05, 3.63) is 70.8 Å². The molecule has 0 heterocycles. The van der Waals surface area contributed by atoms with Gasteiger partial charge >= 0.3 is 0 Å². The summed E-state index contributed by atoms with van der Waals surface area (Å²) in [5.41, 5.74) is 2.37. The fraction of sp³-hybridized carbons (Fsp3) is 0.250. The first-order chi connectivity index (χ1) is 9.13. The van der Waals surface area contributed by atoms with Crippen molar-refractivity contribution in [1.82, 2.24) is 5.32 Å². The molecule has 0 saturated heterocycles. The Kier molecular flexibility index (Phi) is 4.27. The molecule has 19 heavy (non-hydrogen) atoms. The van der Waals surface area contributed by atoms with Crippen molar-refractivity contribution >= 4 is 0 Å². The van der Waals surface area contributed by atoms with E-state index in [0.29, 0.717) is 12.1 Å². The van der Waals surface area contributed by atoms with Crippen LogP contribution in [0.4, 0.5) is 8.78 Å². The minimum atomic E-state index is -0.812. The molecule has 2 aromatic carbocycles. The maximum absolute atomic E-state index is 13.9. The van der Waals surface area contributed by atoms with Crippen molar-refractivity contribution in [2.45, 2.75) is 19.9 Å². The summed E-state index contributed by atoms with van der Waals surface area (Å²) in [6.45, 7) is 4.60. The second kappa shape index (κ2) is 5.93. The van der Waals surface area contributed by atoms with Crippen LogP contribution in [0, 0.1) is 18.6 Å². The van der Waals surface area contributed by atoms with E-state index >= 15 is 0 Å². The lowest BCUT2D eigenvalue weighted by molar-refractivity contribution is 0.483. The van der Waals surface area contributed by atoms with E-state index in [2.05, 4.69) is 5.32 Å². The van der Waals surface area contributed by atoms with Gasteiger partial charge in [0.05, 0.1) is 6.04 Å². The molecule has 0 spiro atoms. The number of halogens is 2. The molecular weight excluding hydrogens is 244 g/mol. The maximum atomic E-state index is 13.9. The van der Waals surface area contributed by atoms with Gasteiger partial charge in [-0.1, -0.05) is 48.9 Å². The molecule has 1 nitrogen and oxygen atoms in total. The fourth-order valence-electron chi connectivity index (χ4n) is 2.20. The summed E-state index contributed by atoms with van der Waals surface area (Å²) in [5, 5.41) is 3.20. The van der Waals surface area contributed by atoms with Gasteiger partial charge in [-0.25, -0.2) is 8.78 Å². The normalized spacial score (nSPS) is 12.4. The number of aryl methyl sites for hydroxylation is 1. The summed E-state index contributed by atoms with van der Waals surface area (Å²) >= 11 is 0. The van der Waals surface area contributed by atoms with Crippen LogP contribution in [0.25, 0.3) is 0 Å². The lowest BCUT2D eigenvalue weighted by Crippen LogP contribution is -2.23. The molecular formula is C16H17F2N. The van der Waals surface area contributed by atoms with Crippen LogP contribution in [0.5, 0.6) is 0 Å². The van der Waals surface area contributed by atoms with Gasteiger partial charge in [-0.3, -0.25) is 0 Å². The smallest absolute Gasteiger partial charge is 0.163 e. The highest BCUT2D eigenvalue weighted by Crippen LogP contribution is 2.26. The zero-order valence-corrected chi connectivity index (χ0v) is 11.1. The Labute approximate surface area is 112 Å². The zero-order valence-electron chi connectivity index (χ0n) is 11.1. The van der Waals surface area contributed by atoms with E-state index in [4.69, 9.17) is 0 Å². The molecule has 0 fully saturated rings. The lowest BCUT2D eigenvalue weighted by Gasteiger charge is -2.20. The molecule has 3 heteroatoms. The van der Waals surface area contributed by atoms with E-state index in [1.807, 2.05) is 38.1 Å². The van der Waals surface area contributed by atoms with Crippen molar-refractivity contribution in [2.24, 2.45) is 0 Å². The van der Waals surface area contributed by atoms with Gasteiger partial charge in [0.25, 0.3) is 0 Å². The van der Waals surface area contributed by atoms with Gasteiger partial charge in [0.1, 0.15) is 0 Å². The number of hydrogen-bond acceptors (Lipinski definition) is 1. The Balaban J connectivity index is 2.48. The Bertz CT molecular complexity index is 566. The zero-order chi connectivity index (χ0) is 13.8. The van der Waals surface area contributed by atoms with Crippen LogP contribution in [0.1, 0.15) is 29.7 Å². The Hall–Kier alpha value is -1.74. The first kappa shape index (κ1) is 13.7. The van der Waals surface area contributed by atoms with E-state index in [9.17, 15) is 8.78 Å². The summed E-state index contributed by atoms with van der Waals surface area (Å²) in [5.74, 6) is -1.59. The lowest BCUT2D eigenvalue weighted by atomic mass is 9.96. The van der Waals surface area contributed by atoms with E-state index < -0.39 is 11.6 Å². The number of rotatable bonds is 4. The fourth-order valence-corrected chi connectivity index (χ4v) is 2.20. The van der Waals surface area contributed by atoms with E-state index in [1.54, 1.807) is 6.07 Å². The minimum absolute atomic E-state index is 0.333. The van der Waals surface area contributed by atoms with Gasteiger partial charge < -0.3 is 5.32 Å². The van der Waals surface area contributed by atoms with Gasteiger partial charge in [0, 0.05) is 5.56 Å². The number of nitrogens with one attached hydrogen (secondary N) is 1. The molecule has 100 valence electrons. The average Bonchev–Trinajstić information content (AvgIpc) is 2.40. The van der Waals surface area contributed by atoms with Crippen molar-refractivity contribution < 1.29 is 8.78 Å². The van der Waals surface area contributed by atoms with E-state index in [1.165, 1.54) is 6.07 Å². The summed E-state index contributed by atoms with van der Waals surface area (Å²) in [6, 6.07) is 11.8. The number of benzene rings is 2. The Morgan fingerprint density at radius 1 is 1.11 bits per heavy atom. The summed E-state index contributed by atoms with van der Waals surface area (Å²) in [6.07, 6.45) is 0. The summed E-state index contributed by atoms with van der Waals surface area (Å²) < 4.78 is 27.3. The van der Waals surface area contributed by atoms with Gasteiger partial charge in [-0.15, -0.1) is 0 Å². The van der Waals surface area contributed by atoms with Crippen molar-refractivity contribution in [2.75, 3.05) is 6.54 Å². The van der Waals surface area contributed by atoms with Gasteiger partial charge in [0.2, 0.25) is 0 Å². The Morgan fingerprint density at radius 3 is 2.53 bits per heavy atom. The van der Waals surface area contributed by atoms with Crippen LogP contribution in [-0.2, 0) is 0 Å². The topological polar surface area (TPSA) is 12.0 Å². The average molecular weight is 261 g/mol. The molecule has 0 aliphatic carbocycles. The van der Waals surface area contributed by atoms with Crippen molar-refractivity contribution in [1.29, 1.82) is 0 Å². The molecule has 0 saturated carbocycles. The molecule has 0 radical (unpaired) electrons. The quantitative estimate of drug-likeness (QED) is 0.878. The van der Waals surface area contributed by atoms with Gasteiger partial charge in [-0.05, 0) is 25.1 Å². The van der Waals surface area contributed by atoms with Crippen LogP contribution in [0.15, 0.2) is 42.5 Å². The molecule has 0 aliphatic heterocycles. The van der Waals surface area contributed by atoms with E-state index in [0.717, 1.165) is 17.2 Å². The monoisotopic (exact) mass is 261 g/mol. The molecule has 1 N–H and O–H groups in total. The third kappa shape index (κ3) is 2.99. The third-order valence-electron chi connectivity index (χ3n) is 3.08. The standard InChI is InChI=1S/C16H17F2N/c1-3-19-16(12-7-4-6-11(2)10-12)13-8-5-9-14(17)15(13)18/h4-10,16,19H,3H2,1-2H3. The second-order valence-electron chi connectivity index (χ2n) is 4.55. The summed E-state index contributed by atoms with van der Waals surface area (Å²) in [4.78, 5) is 0. The summed E-state index contributed by atoms with van der Waals surface area (Å²) in [7, 11) is 0. The van der Waals surface area contributed by atoms with Crippen molar-refractivity contribution in [3.63, 3.8) is 0 Å². The van der Waals surface area contributed by atoms with Crippen LogP contribution in [-0.4, -0.2) is 6.54 Å². The second-order valence-corrected chi connectivity index (χ2v) is 4.55. The predicted molar refractivity (Wildman–Crippen MR) is 73.1 cm³/mol. The molecule has 0 bridgehead atoms. The van der Waals surface area contributed by atoms with Crippen LogP contribution >= 0.6 is 0 Å². The minimum Gasteiger partial charge on any atom is -0.306 e. The molecule has 2 aromatic rings. The molecule has 2 rings (SSSR count). The van der Waals surface area contributed by atoms with Crippen LogP contribution in [0.3, 0.4) is 0 Å². The molecule has 1 unspecified atom stereocenters. The largest absolute Gasteiger partial charge is 0.306 e. The Morgan fingerprint density at radius 2 is 1.84 bits per heavy atom. The maximum Gasteiger partial charge on any atom is 0.163 e. The van der Waals surface area contributed by atoms with E-state index in [-0.39, 0.29) is 6.04 Å². The SMILES string of the molecule is CCNC(c1cccc(C)c1)c1cccc(F)c1F. The first-order valence-corrected chi connectivity index (χ1v) is 6.37. The van der Waals surface area contributed by atoms with Crippen LogP contribution in [0.2, 0.25) is 0 Å². The highest BCUT2D eigenvalue weighted by molar-refractivity contribution is 5.35. The third-order valence-corrected chi connectivity index (χ3v) is 3.08. The molecule has 0 aliphatic rings. The van der Waals surface area contributed by atoms with Crippen LogP contribution < -0.4 is 5.32 Å². The predicted octanol–water partition coefficient (Wildman–Crippen LogP) is 3.97. The number of hydrogen-bond donors (Lipinski definition) is 1.